The molecule has 1 N–H and O–H groups in total. The largest absolute Gasteiger partial charge is 0.393 e. The smallest absolute Gasteiger partial charge is 0.0543 e. The number of benzene rings is 1. The maximum atomic E-state index is 9.52. The molecule has 1 heteroatoms. The fourth-order valence-electron chi connectivity index (χ4n) is 2.07. The number of aliphatic hydroxyl groups excluding tert-OH is 1. The van der Waals surface area contributed by atoms with Crippen molar-refractivity contribution in [3.8, 4) is 0 Å². The van der Waals surface area contributed by atoms with Gasteiger partial charge in [-0.1, -0.05) is 31.2 Å². The average Bonchev–Trinajstić information content (AvgIpc) is 2.14. The Hall–Kier alpha value is -0.820. The van der Waals surface area contributed by atoms with Crippen molar-refractivity contribution < 1.29 is 5.11 Å². The molecule has 1 aliphatic carbocycles. The topological polar surface area (TPSA) is 20.2 Å². The second kappa shape index (κ2) is 3.51. The Balaban J connectivity index is 2.01. The van der Waals surface area contributed by atoms with E-state index in [1.807, 2.05) is 6.92 Å². The van der Waals surface area contributed by atoms with Gasteiger partial charge in [-0.2, -0.15) is 0 Å². The van der Waals surface area contributed by atoms with Gasteiger partial charge in [-0.15, -0.1) is 0 Å². The number of fused-ring (bicyclic) bond motifs is 1. The highest BCUT2D eigenvalue weighted by Gasteiger charge is 2.26. The Kier molecular flexibility index (Phi) is 2.36. The molecule has 2 atom stereocenters. The minimum absolute atomic E-state index is 0.113. The Bertz CT molecular complexity index is 293. The normalized spacial score (nSPS) is 21.8. The predicted molar refractivity (Wildman–Crippen MR) is 53.8 cm³/mol. The molecule has 1 nitrogen and oxygen atoms in total. The molecule has 0 saturated heterocycles. The summed E-state index contributed by atoms with van der Waals surface area (Å²) < 4.78 is 0. The first-order valence-corrected chi connectivity index (χ1v) is 5.07. The lowest BCUT2D eigenvalue weighted by Crippen LogP contribution is -2.21. The third-order valence-corrected chi connectivity index (χ3v) is 2.99. The van der Waals surface area contributed by atoms with Crippen LogP contribution in [0, 0.1) is 0 Å². The monoisotopic (exact) mass is 176 g/mol. The van der Waals surface area contributed by atoms with Crippen molar-refractivity contribution in [3.05, 3.63) is 35.4 Å². The molecule has 0 radical (unpaired) electrons. The van der Waals surface area contributed by atoms with E-state index in [1.165, 1.54) is 11.1 Å². The van der Waals surface area contributed by atoms with E-state index in [0.717, 1.165) is 19.3 Å². The lowest BCUT2D eigenvalue weighted by Gasteiger charge is -2.31. The first-order valence-electron chi connectivity index (χ1n) is 5.07. The van der Waals surface area contributed by atoms with Crippen molar-refractivity contribution in [2.45, 2.75) is 38.2 Å². The SMILES string of the molecule is CCC(O)CC1Cc2ccccc21. The summed E-state index contributed by atoms with van der Waals surface area (Å²) in [6.07, 6.45) is 2.86. The van der Waals surface area contributed by atoms with E-state index in [2.05, 4.69) is 24.3 Å². The van der Waals surface area contributed by atoms with Crippen molar-refractivity contribution in [1.82, 2.24) is 0 Å². The van der Waals surface area contributed by atoms with Gasteiger partial charge in [0.25, 0.3) is 0 Å². The molecule has 70 valence electrons. The van der Waals surface area contributed by atoms with Crippen molar-refractivity contribution in [1.29, 1.82) is 0 Å². The van der Waals surface area contributed by atoms with Crippen LogP contribution in [-0.2, 0) is 6.42 Å². The summed E-state index contributed by atoms with van der Waals surface area (Å²) in [5, 5.41) is 9.52. The quantitative estimate of drug-likeness (QED) is 0.750. The summed E-state index contributed by atoms with van der Waals surface area (Å²) in [5.74, 6) is 0.617. The molecule has 13 heavy (non-hydrogen) atoms. The highest BCUT2D eigenvalue weighted by Crippen LogP contribution is 2.38. The van der Waals surface area contributed by atoms with Gasteiger partial charge in [-0.05, 0) is 36.3 Å². The van der Waals surface area contributed by atoms with Crippen molar-refractivity contribution in [3.63, 3.8) is 0 Å². The molecule has 0 heterocycles. The van der Waals surface area contributed by atoms with Crippen LogP contribution in [0.4, 0.5) is 0 Å². The van der Waals surface area contributed by atoms with Crippen LogP contribution in [0.2, 0.25) is 0 Å². The van der Waals surface area contributed by atoms with Crippen molar-refractivity contribution >= 4 is 0 Å². The molecular formula is C12H16O. The maximum Gasteiger partial charge on any atom is 0.0543 e. The van der Waals surface area contributed by atoms with Crippen molar-refractivity contribution in [2.75, 3.05) is 0 Å². The van der Waals surface area contributed by atoms with Crippen LogP contribution < -0.4 is 0 Å². The second-order valence-corrected chi connectivity index (χ2v) is 3.90. The number of rotatable bonds is 3. The first kappa shape index (κ1) is 8.76. The van der Waals surface area contributed by atoms with Crippen LogP contribution in [0.15, 0.2) is 24.3 Å². The summed E-state index contributed by atoms with van der Waals surface area (Å²) in [6, 6.07) is 8.55. The highest BCUT2D eigenvalue weighted by atomic mass is 16.3. The average molecular weight is 176 g/mol. The number of aliphatic hydroxyl groups is 1. The van der Waals surface area contributed by atoms with E-state index in [4.69, 9.17) is 0 Å². The van der Waals surface area contributed by atoms with Crippen molar-refractivity contribution in [2.24, 2.45) is 0 Å². The fraction of sp³-hybridized carbons (Fsp3) is 0.500. The van der Waals surface area contributed by atoms with Crippen LogP contribution in [0.5, 0.6) is 0 Å². The summed E-state index contributed by atoms with van der Waals surface area (Å²) in [5.41, 5.74) is 2.92. The molecule has 0 amide bonds. The van der Waals surface area contributed by atoms with Gasteiger partial charge in [0.15, 0.2) is 0 Å². The van der Waals surface area contributed by atoms with E-state index in [9.17, 15) is 5.11 Å². The Labute approximate surface area is 79.4 Å². The number of hydrogen-bond acceptors (Lipinski definition) is 1. The predicted octanol–water partition coefficient (Wildman–Crippen LogP) is 2.49. The molecule has 0 saturated carbocycles. The van der Waals surface area contributed by atoms with E-state index >= 15 is 0 Å². The molecule has 1 aromatic rings. The Morgan fingerprint density at radius 3 is 2.92 bits per heavy atom. The van der Waals surface area contributed by atoms with Crippen LogP contribution in [0.25, 0.3) is 0 Å². The van der Waals surface area contributed by atoms with E-state index < -0.39 is 0 Å². The lowest BCUT2D eigenvalue weighted by molar-refractivity contribution is 0.147. The van der Waals surface area contributed by atoms with Gasteiger partial charge in [-0.3, -0.25) is 0 Å². The molecule has 0 fully saturated rings. The molecule has 0 aliphatic heterocycles. The third-order valence-electron chi connectivity index (χ3n) is 2.99. The minimum atomic E-state index is -0.113. The first-order chi connectivity index (χ1) is 6.31. The molecule has 0 bridgehead atoms. The van der Waals surface area contributed by atoms with Gasteiger partial charge in [0, 0.05) is 0 Å². The number of hydrogen-bond donors (Lipinski definition) is 1. The van der Waals surface area contributed by atoms with Gasteiger partial charge < -0.3 is 5.11 Å². The summed E-state index contributed by atoms with van der Waals surface area (Å²) in [6.45, 7) is 2.04. The van der Waals surface area contributed by atoms with Crippen LogP contribution in [0.3, 0.4) is 0 Å². The van der Waals surface area contributed by atoms with E-state index in [0.29, 0.717) is 5.92 Å². The summed E-state index contributed by atoms with van der Waals surface area (Å²) >= 11 is 0. The second-order valence-electron chi connectivity index (χ2n) is 3.90. The molecule has 1 aromatic carbocycles. The zero-order valence-corrected chi connectivity index (χ0v) is 8.03. The Morgan fingerprint density at radius 1 is 1.46 bits per heavy atom. The lowest BCUT2D eigenvalue weighted by atomic mass is 9.74. The van der Waals surface area contributed by atoms with E-state index in [1.54, 1.807) is 0 Å². The highest BCUT2D eigenvalue weighted by molar-refractivity contribution is 5.39. The molecule has 2 unspecified atom stereocenters. The minimum Gasteiger partial charge on any atom is -0.393 e. The fourth-order valence-corrected chi connectivity index (χ4v) is 2.07. The van der Waals surface area contributed by atoms with Gasteiger partial charge in [0.2, 0.25) is 0 Å². The summed E-state index contributed by atoms with van der Waals surface area (Å²) in [4.78, 5) is 0. The zero-order valence-electron chi connectivity index (χ0n) is 8.03. The molecule has 1 aliphatic rings. The van der Waals surface area contributed by atoms with E-state index in [-0.39, 0.29) is 6.10 Å². The van der Waals surface area contributed by atoms with Crippen LogP contribution in [0.1, 0.15) is 36.8 Å². The summed E-state index contributed by atoms with van der Waals surface area (Å²) in [7, 11) is 0. The Morgan fingerprint density at radius 2 is 2.23 bits per heavy atom. The molecule has 0 aromatic heterocycles. The van der Waals surface area contributed by atoms with Gasteiger partial charge in [-0.25, -0.2) is 0 Å². The van der Waals surface area contributed by atoms with Gasteiger partial charge >= 0.3 is 0 Å². The van der Waals surface area contributed by atoms with Crippen LogP contribution >= 0.6 is 0 Å². The third kappa shape index (κ3) is 1.61. The van der Waals surface area contributed by atoms with Crippen LogP contribution in [-0.4, -0.2) is 11.2 Å². The molecule has 2 rings (SSSR count). The molecular weight excluding hydrogens is 160 g/mol. The molecule has 0 spiro atoms. The standard InChI is InChI=1S/C12H16O/c1-2-11(13)8-10-7-9-5-3-4-6-12(9)10/h3-6,10-11,13H,2,7-8H2,1H3. The maximum absolute atomic E-state index is 9.52. The van der Waals surface area contributed by atoms with Gasteiger partial charge in [0.1, 0.15) is 0 Å². The zero-order chi connectivity index (χ0) is 9.26. The van der Waals surface area contributed by atoms with Gasteiger partial charge in [0.05, 0.1) is 6.10 Å².